The van der Waals surface area contributed by atoms with Crippen LogP contribution in [0.25, 0.3) is 0 Å². The van der Waals surface area contributed by atoms with Crippen molar-refractivity contribution < 1.29 is 19.1 Å². The van der Waals surface area contributed by atoms with Crippen LogP contribution >= 0.6 is 0 Å². The van der Waals surface area contributed by atoms with E-state index in [4.69, 9.17) is 9.47 Å². The molecule has 24 heavy (non-hydrogen) atoms. The number of hydrogen-bond donors (Lipinski definition) is 0. The Bertz CT molecular complexity index is 626. The maximum absolute atomic E-state index is 12.5. The smallest absolute Gasteiger partial charge is 0.310 e. The summed E-state index contributed by atoms with van der Waals surface area (Å²) in [6.45, 7) is 0. The molecule has 0 aromatic rings. The molecule has 0 amide bonds. The van der Waals surface area contributed by atoms with Gasteiger partial charge in [0.15, 0.2) is 0 Å². The van der Waals surface area contributed by atoms with E-state index in [1.54, 1.807) is 0 Å². The molecule has 4 rings (SSSR count). The van der Waals surface area contributed by atoms with E-state index in [0.717, 1.165) is 36.8 Å². The highest BCUT2D eigenvalue weighted by Crippen LogP contribution is 2.60. The highest BCUT2D eigenvalue weighted by molar-refractivity contribution is 5.85. The van der Waals surface area contributed by atoms with E-state index < -0.39 is 47.4 Å². The number of esters is 2. The maximum Gasteiger partial charge on any atom is 0.310 e. The standard InChI is InChI=1S/C18H20N2O4/c1-23-17(21)15-13-9-5-3-4-6-10(9)14(16(15)18(22)24-2)12(8-20)11(13)7-19/h11-16H,3-6H2,1-2H3. The minimum atomic E-state index is -0.737. The van der Waals surface area contributed by atoms with Gasteiger partial charge in [0.05, 0.1) is 50.0 Å². The number of methoxy groups -OCH3 is 2. The molecule has 1 fully saturated rings. The second-order valence-corrected chi connectivity index (χ2v) is 6.72. The molecule has 0 aromatic carbocycles. The zero-order valence-electron chi connectivity index (χ0n) is 13.8. The van der Waals surface area contributed by atoms with Gasteiger partial charge in [-0.05, 0) is 25.7 Å². The summed E-state index contributed by atoms with van der Waals surface area (Å²) < 4.78 is 9.89. The van der Waals surface area contributed by atoms with Crippen molar-refractivity contribution in [1.82, 2.24) is 0 Å². The lowest BCUT2D eigenvalue weighted by Crippen LogP contribution is -2.57. The Hall–Kier alpha value is -2.34. The van der Waals surface area contributed by atoms with Gasteiger partial charge >= 0.3 is 11.9 Å². The molecule has 1 saturated carbocycles. The topological polar surface area (TPSA) is 100 Å². The third-order valence-corrected chi connectivity index (χ3v) is 5.93. The van der Waals surface area contributed by atoms with Crippen LogP contribution in [-0.4, -0.2) is 26.2 Å². The van der Waals surface area contributed by atoms with Crippen LogP contribution in [0, 0.1) is 58.2 Å². The van der Waals surface area contributed by atoms with E-state index in [9.17, 15) is 20.1 Å². The summed E-state index contributed by atoms with van der Waals surface area (Å²) in [5.41, 5.74) is 2.22. The van der Waals surface area contributed by atoms with Crippen LogP contribution in [-0.2, 0) is 19.1 Å². The Balaban J connectivity index is 2.21. The first-order valence-corrected chi connectivity index (χ1v) is 8.27. The van der Waals surface area contributed by atoms with E-state index in [2.05, 4.69) is 12.1 Å². The van der Waals surface area contributed by atoms with Crippen LogP contribution in [0.2, 0.25) is 0 Å². The third-order valence-electron chi connectivity index (χ3n) is 5.93. The van der Waals surface area contributed by atoms with E-state index in [0.29, 0.717) is 0 Å². The molecule has 0 aliphatic heterocycles. The number of carbonyl (C=O) groups excluding carboxylic acids is 2. The first-order chi connectivity index (χ1) is 11.6. The van der Waals surface area contributed by atoms with Crippen LogP contribution in [0.1, 0.15) is 25.7 Å². The number of nitrogens with zero attached hydrogens (tertiary/aromatic N) is 2. The molecule has 0 saturated heterocycles. The molecule has 0 aromatic heterocycles. The summed E-state index contributed by atoms with van der Waals surface area (Å²) in [4.78, 5) is 24.9. The van der Waals surface area contributed by atoms with Crippen LogP contribution in [0.4, 0.5) is 0 Å². The van der Waals surface area contributed by atoms with Crippen molar-refractivity contribution in [3.05, 3.63) is 11.1 Å². The summed E-state index contributed by atoms with van der Waals surface area (Å²) in [6, 6.07) is 4.48. The average Bonchev–Trinajstić information content (AvgIpc) is 2.65. The van der Waals surface area contributed by atoms with Crippen molar-refractivity contribution in [2.24, 2.45) is 35.5 Å². The molecule has 2 bridgehead atoms. The van der Waals surface area contributed by atoms with E-state index in [1.807, 2.05) is 0 Å². The number of fused-ring (bicyclic) bond motifs is 2. The quantitative estimate of drug-likeness (QED) is 0.567. The predicted molar refractivity (Wildman–Crippen MR) is 81.7 cm³/mol. The minimum Gasteiger partial charge on any atom is -0.469 e. The van der Waals surface area contributed by atoms with E-state index >= 15 is 0 Å². The second kappa shape index (κ2) is 6.28. The number of ether oxygens (including phenoxy) is 2. The zero-order valence-corrected chi connectivity index (χ0v) is 13.8. The molecule has 0 spiro atoms. The normalized spacial score (nSPS) is 37.0. The Kier molecular flexibility index (Phi) is 4.32. The van der Waals surface area contributed by atoms with Crippen LogP contribution in [0.15, 0.2) is 11.1 Å². The van der Waals surface area contributed by atoms with Crippen molar-refractivity contribution in [3.8, 4) is 12.1 Å². The Morgan fingerprint density at radius 2 is 1.25 bits per heavy atom. The largest absolute Gasteiger partial charge is 0.469 e. The summed E-state index contributed by atoms with van der Waals surface area (Å²) in [6.07, 6.45) is 3.67. The van der Waals surface area contributed by atoms with Crippen molar-refractivity contribution in [1.29, 1.82) is 10.5 Å². The van der Waals surface area contributed by atoms with Crippen LogP contribution < -0.4 is 0 Å². The van der Waals surface area contributed by atoms with Gasteiger partial charge in [-0.15, -0.1) is 0 Å². The molecule has 4 aliphatic carbocycles. The number of allylic oxidation sites excluding steroid dienone is 2. The fraction of sp³-hybridized carbons (Fsp3) is 0.667. The van der Waals surface area contributed by atoms with Gasteiger partial charge in [-0.25, -0.2) is 0 Å². The number of carbonyl (C=O) groups is 2. The van der Waals surface area contributed by atoms with Crippen molar-refractivity contribution in [3.63, 3.8) is 0 Å². The average molecular weight is 328 g/mol. The molecule has 6 heteroatoms. The van der Waals surface area contributed by atoms with E-state index in [1.165, 1.54) is 14.2 Å². The third kappa shape index (κ3) is 2.13. The van der Waals surface area contributed by atoms with Crippen molar-refractivity contribution >= 4 is 11.9 Å². The maximum atomic E-state index is 12.5. The summed E-state index contributed by atoms with van der Waals surface area (Å²) in [5.74, 6) is -4.46. The van der Waals surface area contributed by atoms with Gasteiger partial charge in [0.1, 0.15) is 0 Å². The fourth-order valence-electron chi connectivity index (χ4n) is 5.10. The zero-order chi connectivity index (χ0) is 17.4. The molecule has 6 atom stereocenters. The Labute approximate surface area is 141 Å². The van der Waals surface area contributed by atoms with E-state index in [-0.39, 0.29) is 0 Å². The molecule has 6 nitrogen and oxygen atoms in total. The molecular formula is C18H20N2O4. The van der Waals surface area contributed by atoms with Crippen LogP contribution in [0.5, 0.6) is 0 Å². The summed E-state index contributed by atoms with van der Waals surface area (Å²) >= 11 is 0. The first-order valence-electron chi connectivity index (χ1n) is 8.27. The lowest BCUT2D eigenvalue weighted by atomic mass is 9.47. The van der Waals surface area contributed by atoms with Gasteiger partial charge in [-0.2, -0.15) is 10.5 Å². The van der Waals surface area contributed by atoms with Crippen molar-refractivity contribution in [2.45, 2.75) is 25.7 Å². The van der Waals surface area contributed by atoms with Gasteiger partial charge in [0.2, 0.25) is 0 Å². The number of hydrogen-bond acceptors (Lipinski definition) is 6. The van der Waals surface area contributed by atoms with Gasteiger partial charge in [0.25, 0.3) is 0 Å². The second-order valence-electron chi connectivity index (χ2n) is 6.72. The Morgan fingerprint density at radius 3 is 1.54 bits per heavy atom. The van der Waals surface area contributed by atoms with Gasteiger partial charge < -0.3 is 9.47 Å². The van der Waals surface area contributed by atoms with Crippen molar-refractivity contribution in [2.75, 3.05) is 14.2 Å². The molecule has 0 heterocycles. The first kappa shape index (κ1) is 16.5. The number of nitriles is 2. The van der Waals surface area contributed by atoms with Crippen LogP contribution in [0.3, 0.4) is 0 Å². The molecule has 0 radical (unpaired) electrons. The lowest BCUT2D eigenvalue weighted by Gasteiger charge is -2.53. The molecule has 126 valence electrons. The van der Waals surface area contributed by atoms with Gasteiger partial charge in [-0.1, -0.05) is 11.1 Å². The summed E-state index contributed by atoms with van der Waals surface area (Å²) in [5, 5.41) is 19.3. The SMILES string of the molecule is COC(=O)C1C2C3=C(CCCC3)C(C(C#N)C2C#N)C1C(=O)OC. The predicted octanol–water partition coefficient (Wildman–Crippen LogP) is 1.97. The minimum absolute atomic E-state index is 0.420. The number of rotatable bonds is 2. The molecule has 4 aliphatic rings. The monoisotopic (exact) mass is 328 g/mol. The van der Waals surface area contributed by atoms with Gasteiger partial charge in [-0.3, -0.25) is 9.59 Å². The molecule has 0 N–H and O–H groups in total. The highest BCUT2D eigenvalue weighted by Gasteiger charge is 2.62. The highest BCUT2D eigenvalue weighted by atomic mass is 16.5. The Morgan fingerprint density at radius 1 is 0.875 bits per heavy atom. The van der Waals surface area contributed by atoms with Gasteiger partial charge in [0, 0.05) is 11.8 Å². The summed E-state index contributed by atoms with van der Waals surface area (Å²) in [7, 11) is 2.58. The molecule has 6 unspecified atom stereocenters. The lowest BCUT2D eigenvalue weighted by molar-refractivity contribution is -0.168. The fourth-order valence-corrected chi connectivity index (χ4v) is 5.10. The molecular weight excluding hydrogens is 308 g/mol.